The topological polar surface area (TPSA) is 26.0 Å². The van der Waals surface area contributed by atoms with Gasteiger partial charge in [-0.25, -0.2) is 8.78 Å². The van der Waals surface area contributed by atoms with E-state index in [2.05, 4.69) is 0 Å². The molecular weight excluding hydrogens is 228 g/mol. The minimum absolute atomic E-state index is 0.291. The maximum Gasteiger partial charge on any atom is 0.166 e. The van der Waals surface area contributed by atoms with E-state index < -0.39 is 11.6 Å². The van der Waals surface area contributed by atoms with Gasteiger partial charge >= 0.3 is 0 Å². The number of rotatable bonds is 2. The monoisotopic (exact) mass is 239 g/mol. The molecule has 4 heteroatoms. The molecule has 0 unspecified atom stereocenters. The van der Waals surface area contributed by atoms with Gasteiger partial charge in [0.1, 0.15) is 0 Å². The third-order valence-electron chi connectivity index (χ3n) is 2.44. The van der Waals surface area contributed by atoms with Crippen LogP contribution in [-0.4, -0.2) is 0 Å². The number of halogens is 2. The number of aryl methyl sites for hydroxylation is 1. The van der Waals surface area contributed by atoms with E-state index in [-0.39, 0.29) is 0 Å². The minimum atomic E-state index is -0.790. The molecule has 0 saturated heterocycles. The smallest absolute Gasteiger partial charge is 0.166 e. The van der Waals surface area contributed by atoms with Gasteiger partial charge in [-0.1, -0.05) is 12.1 Å². The van der Waals surface area contributed by atoms with Crippen molar-refractivity contribution in [2.24, 2.45) is 5.73 Å². The zero-order chi connectivity index (χ0) is 11.7. The summed E-state index contributed by atoms with van der Waals surface area (Å²) in [6.45, 7) is 1.96. The van der Waals surface area contributed by atoms with Crippen LogP contribution in [0.25, 0.3) is 11.1 Å². The molecule has 0 bridgehead atoms. The van der Waals surface area contributed by atoms with Crippen molar-refractivity contribution in [1.82, 2.24) is 0 Å². The van der Waals surface area contributed by atoms with Gasteiger partial charge in [-0.15, -0.1) is 11.3 Å². The third kappa shape index (κ3) is 1.86. The Labute approximate surface area is 96.5 Å². The number of hydrogen-bond donors (Lipinski definition) is 1. The summed E-state index contributed by atoms with van der Waals surface area (Å²) in [7, 11) is 0. The minimum Gasteiger partial charge on any atom is -0.326 e. The van der Waals surface area contributed by atoms with Gasteiger partial charge in [0.05, 0.1) is 0 Å². The highest BCUT2D eigenvalue weighted by Gasteiger charge is 2.13. The quantitative estimate of drug-likeness (QED) is 0.853. The fraction of sp³-hybridized carbons (Fsp3) is 0.167. The van der Waals surface area contributed by atoms with Gasteiger partial charge < -0.3 is 5.73 Å². The first-order valence-corrected chi connectivity index (χ1v) is 5.74. The van der Waals surface area contributed by atoms with E-state index in [0.717, 1.165) is 4.88 Å². The van der Waals surface area contributed by atoms with Crippen molar-refractivity contribution in [2.75, 3.05) is 0 Å². The van der Waals surface area contributed by atoms with Crippen LogP contribution in [-0.2, 0) is 6.54 Å². The zero-order valence-electron chi connectivity index (χ0n) is 8.76. The summed E-state index contributed by atoms with van der Waals surface area (Å²) < 4.78 is 27.0. The van der Waals surface area contributed by atoms with E-state index in [4.69, 9.17) is 5.73 Å². The second kappa shape index (κ2) is 4.31. The van der Waals surface area contributed by atoms with Crippen LogP contribution in [0.2, 0.25) is 0 Å². The van der Waals surface area contributed by atoms with Gasteiger partial charge in [0.15, 0.2) is 11.6 Å². The first-order chi connectivity index (χ1) is 7.63. The molecule has 0 radical (unpaired) electrons. The first kappa shape index (κ1) is 11.2. The van der Waals surface area contributed by atoms with Crippen molar-refractivity contribution >= 4 is 11.3 Å². The van der Waals surface area contributed by atoms with E-state index in [1.807, 2.05) is 0 Å². The largest absolute Gasteiger partial charge is 0.326 e. The van der Waals surface area contributed by atoms with E-state index in [1.54, 1.807) is 30.5 Å². The average molecular weight is 239 g/mol. The Kier molecular flexibility index (Phi) is 3.03. The van der Waals surface area contributed by atoms with Gasteiger partial charge in [0.2, 0.25) is 0 Å². The normalized spacial score (nSPS) is 10.8. The van der Waals surface area contributed by atoms with Crippen LogP contribution in [0.1, 0.15) is 10.4 Å². The van der Waals surface area contributed by atoms with Crippen molar-refractivity contribution in [1.29, 1.82) is 0 Å². The molecule has 1 nitrogen and oxygen atoms in total. The Bertz CT molecular complexity index is 520. The number of hydrogen-bond acceptors (Lipinski definition) is 2. The van der Waals surface area contributed by atoms with Gasteiger partial charge in [-0.05, 0) is 29.5 Å². The highest BCUT2D eigenvalue weighted by molar-refractivity contribution is 7.10. The fourth-order valence-corrected chi connectivity index (χ4v) is 2.26. The maximum absolute atomic E-state index is 13.7. The van der Waals surface area contributed by atoms with Crippen LogP contribution in [0.3, 0.4) is 0 Å². The zero-order valence-corrected chi connectivity index (χ0v) is 9.57. The SMILES string of the molecule is Cc1ccc(-c2csc(CN)c2)c(F)c1F. The summed E-state index contributed by atoms with van der Waals surface area (Å²) in [5.41, 5.74) is 6.76. The fourth-order valence-electron chi connectivity index (χ4n) is 1.50. The van der Waals surface area contributed by atoms with Crippen LogP contribution in [0.5, 0.6) is 0 Å². The summed E-state index contributed by atoms with van der Waals surface area (Å²) in [5, 5.41) is 1.79. The van der Waals surface area contributed by atoms with Gasteiger partial charge in [-0.2, -0.15) is 0 Å². The molecule has 0 aliphatic heterocycles. The highest BCUT2D eigenvalue weighted by atomic mass is 32.1. The Morgan fingerprint density at radius 3 is 2.62 bits per heavy atom. The van der Waals surface area contributed by atoms with Crippen LogP contribution >= 0.6 is 11.3 Å². The Balaban J connectivity index is 2.52. The molecule has 0 saturated carbocycles. The predicted octanol–water partition coefficient (Wildman–Crippen LogP) is 3.46. The van der Waals surface area contributed by atoms with Gasteiger partial charge in [0.25, 0.3) is 0 Å². The Hall–Kier alpha value is -1.26. The van der Waals surface area contributed by atoms with Gasteiger partial charge in [0, 0.05) is 17.0 Å². The average Bonchev–Trinajstić information content (AvgIpc) is 2.74. The van der Waals surface area contributed by atoms with Crippen molar-refractivity contribution in [2.45, 2.75) is 13.5 Å². The Morgan fingerprint density at radius 1 is 1.25 bits per heavy atom. The van der Waals surface area contributed by atoms with Crippen LogP contribution in [0.15, 0.2) is 23.6 Å². The maximum atomic E-state index is 13.7. The van der Waals surface area contributed by atoms with Crippen LogP contribution in [0.4, 0.5) is 8.78 Å². The van der Waals surface area contributed by atoms with Crippen molar-refractivity contribution in [3.05, 3.63) is 45.7 Å². The van der Waals surface area contributed by atoms with Crippen molar-refractivity contribution in [3.8, 4) is 11.1 Å². The second-order valence-corrected chi connectivity index (χ2v) is 4.56. The Morgan fingerprint density at radius 2 is 2.00 bits per heavy atom. The van der Waals surface area contributed by atoms with Crippen LogP contribution < -0.4 is 5.73 Å². The molecule has 84 valence electrons. The lowest BCUT2D eigenvalue weighted by Gasteiger charge is -2.03. The summed E-state index contributed by atoms with van der Waals surface area (Å²) in [6.07, 6.45) is 0. The number of nitrogens with two attached hydrogens (primary N) is 1. The van der Waals surface area contributed by atoms with E-state index in [1.165, 1.54) is 11.3 Å². The summed E-state index contributed by atoms with van der Waals surface area (Å²) >= 11 is 1.45. The summed E-state index contributed by atoms with van der Waals surface area (Å²) in [4.78, 5) is 0.954. The predicted molar refractivity (Wildman–Crippen MR) is 62.3 cm³/mol. The lowest BCUT2D eigenvalue weighted by Crippen LogP contribution is -1.93. The molecule has 0 atom stereocenters. The molecule has 1 heterocycles. The number of thiophene rings is 1. The van der Waals surface area contributed by atoms with E-state index >= 15 is 0 Å². The summed E-state index contributed by atoms with van der Waals surface area (Å²) in [5.74, 6) is -1.57. The molecule has 0 aliphatic rings. The van der Waals surface area contributed by atoms with Crippen molar-refractivity contribution in [3.63, 3.8) is 0 Å². The summed E-state index contributed by atoms with van der Waals surface area (Å²) in [6, 6.07) is 4.96. The molecule has 1 aromatic heterocycles. The lowest BCUT2D eigenvalue weighted by atomic mass is 10.1. The van der Waals surface area contributed by atoms with E-state index in [9.17, 15) is 8.78 Å². The molecular formula is C12H11F2NS. The van der Waals surface area contributed by atoms with Gasteiger partial charge in [-0.3, -0.25) is 0 Å². The molecule has 2 aromatic rings. The highest BCUT2D eigenvalue weighted by Crippen LogP contribution is 2.29. The lowest BCUT2D eigenvalue weighted by molar-refractivity contribution is 0.505. The van der Waals surface area contributed by atoms with Crippen molar-refractivity contribution < 1.29 is 8.78 Å². The third-order valence-corrected chi connectivity index (χ3v) is 3.40. The molecule has 0 spiro atoms. The molecule has 16 heavy (non-hydrogen) atoms. The molecule has 2 N–H and O–H groups in total. The molecule has 1 aromatic carbocycles. The molecule has 0 aliphatic carbocycles. The van der Waals surface area contributed by atoms with Crippen LogP contribution in [0, 0.1) is 18.6 Å². The number of benzene rings is 1. The first-order valence-electron chi connectivity index (χ1n) is 4.86. The molecule has 0 amide bonds. The second-order valence-electron chi connectivity index (χ2n) is 3.56. The molecule has 0 fully saturated rings. The van der Waals surface area contributed by atoms with E-state index in [0.29, 0.717) is 23.2 Å². The standard InChI is InChI=1S/C12H11F2NS/c1-7-2-3-10(12(14)11(7)13)8-4-9(5-15)16-6-8/h2-4,6H,5,15H2,1H3. The molecule has 2 rings (SSSR count).